The van der Waals surface area contributed by atoms with E-state index in [9.17, 15) is 75.6 Å². The summed E-state index contributed by atoms with van der Waals surface area (Å²) in [5.41, 5.74) is 21.8. The van der Waals surface area contributed by atoms with E-state index >= 15 is 0 Å². The van der Waals surface area contributed by atoms with E-state index in [0.717, 1.165) is 44.5 Å². The van der Waals surface area contributed by atoms with E-state index in [1.807, 2.05) is 31.1 Å². The Bertz CT molecular complexity index is 6390. The van der Waals surface area contributed by atoms with Crippen LogP contribution in [0.5, 0.6) is 0 Å². The second-order valence-electron chi connectivity index (χ2n) is 30.0. The highest BCUT2D eigenvalue weighted by atomic mass is 32.2. The van der Waals surface area contributed by atoms with Crippen molar-refractivity contribution in [2.75, 3.05) is 107 Å². The van der Waals surface area contributed by atoms with E-state index in [0.29, 0.717) is 24.0 Å². The van der Waals surface area contributed by atoms with E-state index in [-0.39, 0.29) is 112 Å². The molecule has 19 atom stereocenters. The van der Waals surface area contributed by atoms with Gasteiger partial charge in [-0.1, -0.05) is 46.1 Å². The SMILES string of the molecule is Cc1cn([C@H]2C[C@H](OP(=O)(O)OC[C@H]3O[C@@H](n4cnc5c(N)ncnc54)C[C@@H]3O)[C@@H](COP(=O)(O)O[C@H]3C[C@H](n4c(SCCC/C=N/OCCOCCONS(=O)(=O)c5cccc6c(N(C)C)cccc56)nc5c(N)ncnc54)O[C@@H]3COP(=O)(O)O[C@H]3C[C@H](n4ccc(N)nc4=O)O[C@@H]3COP(=O)(O)O[C@H]3C[C@H](n4cnc5c(=O)[nH]c(N)nc54)O[C@@H]3CO)O2)c(=O)[nH]c1=O. The first-order valence-electron chi connectivity index (χ1n) is 39.6. The number of sulfonamides is 1. The summed E-state index contributed by atoms with van der Waals surface area (Å²) in [7, 11) is -22.2. The van der Waals surface area contributed by atoms with Crippen LogP contribution in [-0.4, -0.2) is 262 Å². The predicted octanol–water partition coefficient (Wildman–Crippen LogP) is 1.06. The van der Waals surface area contributed by atoms with Crippen LogP contribution < -0.4 is 55.2 Å². The molecule has 0 amide bonds. The Morgan fingerprint density at radius 1 is 0.600 bits per heavy atom. The van der Waals surface area contributed by atoms with E-state index in [2.05, 4.69) is 59.9 Å². The van der Waals surface area contributed by atoms with Gasteiger partial charge in [-0.15, -0.1) is 0 Å². The maximum Gasteiger partial charge on any atom is 0.472 e. The number of fused-ring (bicyclic) bond motifs is 4. The van der Waals surface area contributed by atoms with Crippen molar-refractivity contribution in [2.45, 2.75) is 154 Å². The lowest BCUT2D eigenvalue weighted by atomic mass is 10.1. The number of nitrogens with one attached hydrogen (secondary N) is 3. The summed E-state index contributed by atoms with van der Waals surface area (Å²) in [6.45, 7) is -3.41. The Morgan fingerprint density at radius 2 is 1.14 bits per heavy atom. The lowest BCUT2D eigenvalue weighted by Gasteiger charge is -2.25. The summed E-state index contributed by atoms with van der Waals surface area (Å²) < 4.78 is 171. The highest BCUT2D eigenvalue weighted by Crippen LogP contribution is 2.56. The van der Waals surface area contributed by atoms with Crippen molar-refractivity contribution in [3.63, 3.8) is 0 Å². The van der Waals surface area contributed by atoms with Gasteiger partial charge in [0.05, 0.1) is 76.5 Å². The van der Waals surface area contributed by atoms with Crippen LogP contribution >= 0.6 is 43.1 Å². The molecule has 5 fully saturated rings. The van der Waals surface area contributed by atoms with Crippen LogP contribution in [0.3, 0.4) is 0 Å². The molecule has 0 spiro atoms. The summed E-state index contributed by atoms with van der Waals surface area (Å²) in [5.74, 6) is -0.206. The minimum atomic E-state index is -5.62. The second kappa shape index (κ2) is 40.1. The molecular weight excluding hydrogens is 1850 g/mol. The molecule has 130 heavy (non-hydrogen) atoms. The number of H-pyrrole nitrogens is 2. The number of unbranched alkanes of at least 4 members (excludes halogenated alkanes) is 1. The Kier molecular flexibility index (Phi) is 29.4. The van der Waals surface area contributed by atoms with Gasteiger partial charge in [0, 0.05) is 92.6 Å². The van der Waals surface area contributed by atoms with E-state index in [1.165, 1.54) is 64.2 Å². The summed E-state index contributed by atoms with van der Waals surface area (Å²) in [4.78, 5) is 155. The number of benzene rings is 2. The van der Waals surface area contributed by atoms with Crippen molar-refractivity contribution >= 4 is 133 Å². The lowest BCUT2D eigenvalue weighted by molar-refractivity contribution is -0.0648. The van der Waals surface area contributed by atoms with Crippen molar-refractivity contribution in [1.29, 1.82) is 0 Å². The number of imidazole rings is 3. The fourth-order valence-electron chi connectivity index (χ4n) is 14.8. The normalized spacial score (nSPS) is 25.7. The third kappa shape index (κ3) is 22.2. The molecule has 5 saturated heterocycles. The Labute approximate surface area is 736 Å². The molecule has 704 valence electrons. The second-order valence-corrected chi connectivity index (χ2v) is 38.3. The molecule has 17 N–H and O–H groups in total. The van der Waals surface area contributed by atoms with Crippen molar-refractivity contribution < 1.29 is 131 Å². The number of aliphatic hydroxyl groups is 2. The van der Waals surface area contributed by atoms with Gasteiger partial charge in [-0.25, -0.2) is 71.2 Å². The number of rotatable bonds is 42. The van der Waals surface area contributed by atoms with Crippen molar-refractivity contribution in [3.05, 3.63) is 127 Å². The summed E-state index contributed by atoms with van der Waals surface area (Å²) in [6, 6.07) is 11.5. The maximum atomic E-state index is 14.7. The van der Waals surface area contributed by atoms with Gasteiger partial charge in [-0.2, -0.15) is 9.97 Å². The van der Waals surface area contributed by atoms with Crippen molar-refractivity contribution in [2.24, 2.45) is 5.16 Å². The molecule has 10 aromatic rings. The van der Waals surface area contributed by atoms with Crippen LogP contribution in [0.2, 0.25) is 0 Å². The molecule has 4 unspecified atom stereocenters. The molecule has 0 aliphatic carbocycles. The number of thioether (sulfide) groups is 1. The lowest BCUT2D eigenvalue weighted by Crippen LogP contribution is -2.33. The number of aliphatic hydroxyl groups excluding tert-OH is 2. The van der Waals surface area contributed by atoms with Gasteiger partial charge >= 0.3 is 42.7 Å². The molecule has 5 aliphatic rings. The third-order valence-electron chi connectivity index (χ3n) is 20.9. The Morgan fingerprint density at radius 3 is 1.78 bits per heavy atom. The molecule has 0 radical (unpaired) electrons. The number of aromatic amines is 2. The molecule has 13 heterocycles. The number of phosphoric acid groups is 4. The van der Waals surface area contributed by atoms with Crippen LogP contribution in [0, 0.1) is 6.92 Å². The van der Waals surface area contributed by atoms with E-state index in [4.69, 9.17) is 102 Å². The molecule has 0 saturated carbocycles. The van der Waals surface area contributed by atoms with E-state index in [1.54, 1.807) is 18.2 Å². The molecule has 8 aromatic heterocycles. The van der Waals surface area contributed by atoms with Gasteiger partial charge in [0.2, 0.25) is 5.95 Å². The van der Waals surface area contributed by atoms with Gasteiger partial charge in [0.1, 0.15) is 117 Å². The van der Waals surface area contributed by atoms with Crippen molar-refractivity contribution in [1.82, 2.24) is 82.5 Å². The maximum absolute atomic E-state index is 14.7. The molecule has 2 aromatic carbocycles. The minimum Gasteiger partial charge on any atom is -0.394 e. The van der Waals surface area contributed by atoms with Crippen LogP contribution in [0.4, 0.5) is 29.1 Å². The molecule has 15 rings (SSSR count). The Balaban J connectivity index is 0.624. The largest absolute Gasteiger partial charge is 0.472 e. The summed E-state index contributed by atoms with van der Waals surface area (Å²) >= 11 is 1.15. The highest BCUT2D eigenvalue weighted by molar-refractivity contribution is 7.99. The zero-order valence-electron chi connectivity index (χ0n) is 68.6. The van der Waals surface area contributed by atoms with Crippen LogP contribution in [-0.2, 0) is 103 Å². The zero-order valence-corrected chi connectivity index (χ0v) is 73.8. The molecular formula is C69H89N23O32P4S2. The molecule has 0 bridgehead atoms. The first-order valence-corrected chi connectivity index (χ1v) is 48.1. The number of oxime groups is 1. The minimum absolute atomic E-state index is 0.00813. The molecule has 55 nitrogen and oxygen atoms in total. The predicted molar refractivity (Wildman–Crippen MR) is 449 cm³/mol. The van der Waals surface area contributed by atoms with Gasteiger partial charge in [0.15, 0.2) is 44.8 Å². The van der Waals surface area contributed by atoms with E-state index < -0.39 is 208 Å². The summed E-state index contributed by atoms with van der Waals surface area (Å²) in [6.07, 6.45) is -14.3. The number of aromatic nitrogens is 16. The number of aryl methyl sites for hydroxylation is 1. The van der Waals surface area contributed by atoms with Crippen LogP contribution in [0.15, 0.2) is 115 Å². The standard InChI is InChI=1S/C69H89N23O32P4S2/c1-35-25-89(68(98)85-64(35)95)53-23-42(123-125(99,100)112-27-45-39(94)20-51(117-45)90-33-78-56-59(71)74-31-76-61(56)90)47(119-53)29-114-128(105,106)124-43-24-55(92-62-57(60(72)75-32-77-62)82-69(92)129-19-5-4-13-80-110-17-15-109-16-18-111-86-130(107,108)49-11-7-8-36-37(49)9-6-10-38(36)87(2)3)120-48(43)30-115-127(103,104)122-41-22-52(88-14-12-50(70)81-67(88)97)118-46(41)28-113-126(101,102)121-40-21-54(116-44(40)26-93)91-34-79-58-63(91)83-66(73)84-65(58)96/h6-14,25,31-34,39-48,51-55,86,93-94H,4-5,15-24,26-30H2,1-3H3,(H,99,100)(H,101,102)(H,103,104)(H,105,106)(H2,70,81,97)(H2,71,74,76)(H2,72,75,77)(H,85,95,98)(H3,73,83,84,96)/b80-13+/t39-,40-,41-,42-,43-,44+,45+,46+,47+,48+,51+,52+,53+,54+,55+/m0/s1. The number of nitrogens with zero attached hydrogens (tertiary/aromatic N) is 16. The first kappa shape index (κ1) is 95.1. The summed E-state index contributed by atoms with van der Waals surface area (Å²) in [5, 5.41) is 26.8. The fourth-order valence-corrected chi connectivity index (χ4v) is 20.7. The number of anilines is 5. The topological polar surface area (TPSA) is 744 Å². The monoisotopic (exact) mass is 1940 g/mol. The molecule has 5 aliphatic heterocycles. The van der Waals surface area contributed by atoms with Gasteiger partial charge in [-0.3, -0.25) is 83.4 Å². The number of nitrogen functional groups attached to an aromatic ring is 4. The number of phosphoric ester groups is 4. The Hall–Kier alpha value is -9.48. The van der Waals surface area contributed by atoms with Crippen molar-refractivity contribution in [3.8, 4) is 0 Å². The third-order valence-corrected chi connectivity index (χ3v) is 27.3. The zero-order chi connectivity index (χ0) is 92.3. The van der Waals surface area contributed by atoms with Gasteiger partial charge in [0.25, 0.3) is 21.1 Å². The highest BCUT2D eigenvalue weighted by Gasteiger charge is 2.51. The first-order chi connectivity index (χ1) is 62.0. The van der Waals surface area contributed by atoms with Gasteiger partial charge < -0.3 is 90.9 Å². The fraction of sp³-hybridized carbons (Fsp3) is 0.507. The number of nitrogens with two attached hydrogens (primary N) is 4. The van der Waals surface area contributed by atoms with Gasteiger partial charge in [-0.05, 0) is 38.0 Å². The number of ether oxygens (including phenoxy) is 6. The number of hydrogen-bond acceptors (Lipinski definition) is 44. The average molecular weight is 1940 g/mol. The van der Waals surface area contributed by atoms with Crippen LogP contribution in [0.1, 0.15) is 81.6 Å². The number of hydrogen-bond donors (Lipinski definition) is 13. The van der Waals surface area contributed by atoms with Crippen LogP contribution in [0.25, 0.3) is 44.3 Å². The molecule has 61 heteroatoms. The average Bonchev–Trinajstić information content (AvgIpc) is 1.16. The quantitative estimate of drug-likeness (QED) is 0.00836. The smallest absolute Gasteiger partial charge is 0.394 e.